The van der Waals surface area contributed by atoms with Crippen LogP contribution in [0.25, 0.3) is 0 Å². The van der Waals surface area contributed by atoms with Crippen LogP contribution in [0.5, 0.6) is 0 Å². The molecule has 1 amide bonds. The molecule has 0 saturated heterocycles. The van der Waals surface area contributed by atoms with Crippen molar-refractivity contribution in [2.45, 2.75) is 32.7 Å². The van der Waals surface area contributed by atoms with E-state index in [9.17, 15) is 4.79 Å². The predicted octanol–water partition coefficient (Wildman–Crippen LogP) is 0.953. The number of carbonyl (C=O) groups excluding carboxylic acids is 1. The monoisotopic (exact) mass is 208 g/mol. The van der Waals surface area contributed by atoms with Gasteiger partial charge < -0.3 is 4.90 Å². The first-order valence-electron chi connectivity index (χ1n) is 5.22. The zero-order chi connectivity index (χ0) is 10.9. The van der Waals surface area contributed by atoms with E-state index in [1.54, 1.807) is 4.90 Å². The van der Waals surface area contributed by atoms with Crippen molar-refractivity contribution in [3.05, 3.63) is 12.2 Å². The van der Waals surface area contributed by atoms with Gasteiger partial charge in [0.2, 0.25) is 5.91 Å². The van der Waals surface area contributed by atoms with Crippen LogP contribution in [-0.2, 0) is 11.3 Å². The highest BCUT2D eigenvalue weighted by molar-refractivity contribution is 5.82. The summed E-state index contributed by atoms with van der Waals surface area (Å²) >= 11 is 0. The molecule has 2 rings (SSSR count). The van der Waals surface area contributed by atoms with Gasteiger partial charge >= 0.3 is 0 Å². The summed E-state index contributed by atoms with van der Waals surface area (Å²) in [7, 11) is 1.81. The van der Waals surface area contributed by atoms with E-state index in [0.29, 0.717) is 6.54 Å². The number of H-pyrrole nitrogens is 1. The molecule has 0 radical (unpaired) electrons. The molecule has 0 spiro atoms. The lowest BCUT2D eigenvalue weighted by molar-refractivity contribution is -0.145. The first kappa shape index (κ1) is 10.1. The minimum atomic E-state index is -0.130. The van der Waals surface area contributed by atoms with E-state index in [2.05, 4.69) is 15.2 Å². The molecule has 5 heteroatoms. The summed E-state index contributed by atoms with van der Waals surface area (Å²) in [5, 5.41) is 6.51. The third kappa shape index (κ3) is 1.86. The number of nitrogens with one attached hydrogen (secondary N) is 1. The Morgan fingerprint density at radius 1 is 1.67 bits per heavy atom. The first-order chi connectivity index (χ1) is 7.12. The van der Waals surface area contributed by atoms with E-state index in [0.717, 1.165) is 18.7 Å². The molecule has 1 saturated carbocycles. The molecule has 1 aliphatic rings. The maximum atomic E-state index is 12.0. The van der Waals surface area contributed by atoms with Crippen LogP contribution in [0.4, 0.5) is 0 Å². The molecule has 1 heterocycles. The Bertz CT molecular complexity index is 342. The number of aromatic amines is 1. The quantitative estimate of drug-likeness (QED) is 0.804. The van der Waals surface area contributed by atoms with Gasteiger partial charge in [-0.3, -0.25) is 9.89 Å². The van der Waals surface area contributed by atoms with Gasteiger partial charge in [-0.15, -0.1) is 0 Å². The second kappa shape index (κ2) is 3.64. The maximum absolute atomic E-state index is 12.0. The number of rotatable bonds is 3. The smallest absolute Gasteiger partial charge is 0.228 e. The summed E-state index contributed by atoms with van der Waals surface area (Å²) < 4.78 is 0. The minimum absolute atomic E-state index is 0.130. The topological polar surface area (TPSA) is 61.9 Å². The van der Waals surface area contributed by atoms with E-state index in [4.69, 9.17) is 0 Å². The van der Waals surface area contributed by atoms with Crippen molar-refractivity contribution in [3.63, 3.8) is 0 Å². The van der Waals surface area contributed by atoms with Crippen LogP contribution in [0.1, 0.15) is 32.0 Å². The number of carbonyl (C=O) groups is 1. The fraction of sp³-hybridized carbons (Fsp3) is 0.700. The number of hydrogen-bond acceptors (Lipinski definition) is 3. The standard InChI is InChI=1S/C10H16N4O/c1-10(4-3-5-10)9(15)14(2)6-8-11-7-12-13-8/h7H,3-6H2,1-2H3,(H,11,12,13). The van der Waals surface area contributed by atoms with Crippen LogP contribution >= 0.6 is 0 Å². The van der Waals surface area contributed by atoms with Crippen LogP contribution in [0, 0.1) is 5.41 Å². The Morgan fingerprint density at radius 3 is 2.87 bits per heavy atom. The average molecular weight is 208 g/mol. The lowest BCUT2D eigenvalue weighted by Gasteiger charge is -2.39. The Labute approximate surface area is 88.9 Å². The zero-order valence-electron chi connectivity index (χ0n) is 9.16. The molecule has 1 fully saturated rings. The number of nitrogens with zero attached hydrogens (tertiary/aromatic N) is 3. The second-order valence-corrected chi connectivity index (χ2v) is 4.51. The summed E-state index contributed by atoms with van der Waals surface area (Å²) in [6, 6.07) is 0. The van der Waals surface area contributed by atoms with Gasteiger partial charge in [-0.25, -0.2) is 4.98 Å². The molecule has 1 aromatic heterocycles. The number of amides is 1. The van der Waals surface area contributed by atoms with Gasteiger partial charge in [0.1, 0.15) is 12.2 Å². The molecule has 0 unspecified atom stereocenters. The molecular weight excluding hydrogens is 192 g/mol. The summed E-state index contributed by atoms with van der Waals surface area (Å²) in [5.41, 5.74) is -0.130. The molecule has 1 N–H and O–H groups in total. The van der Waals surface area contributed by atoms with Gasteiger partial charge in [-0.05, 0) is 12.8 Å². The Morgan fingerprint density at radius 2 is 2.40 bits per heavy atom. The highest BCUT2D eigenvalue weighted by Gasteiger charge is 2.40. The minimum Gasteiger partial charge on any atom is -0.338 e. The van der Waals surface area contributed by atoms with Gasteiger partial charge in [0, 0.05) is 12.5 Å². The van der Waals surface area contributed by atoms with E-state index in [-0.39, 0.29) is 11.3 Å². The van der Waals surface area contributed by atoms with Crippen LogP contribution < -0.4 is 0 Å². The molecule has 0 aromatic carbocycles. The lowest BCUT2D eigenvalue weighted by atomic mass is 9.69. The predicted molar refractivity (Wildman–Crippen MR) is 54.8 cm³/mol. The Kier molecular flexibility index (Phi) is 2.46. The molecule has 82 valence electrons. The number of aromatic nitrogens is 3. The summed E-state index contributed by atoms with van der Waals surface area (Å²) in [6.07, 6.45) is 4.64. The molecular formula is C10H16N4O. The van der Waals surface area contributed by atoms with Crippen molar-refractivity contribution >= 4 is 5.91 Å². The van der Waals surface area contributed by atoms with Gasteiger partial charge in [-0.2, -0.15) is 5.10 Å². The molecule has 1 aromatic rings. The summed E-state index contributed by atoms with van der Waals surface area (Å²) in [5.74, 6) is 0.943. The Hall–Kier alpha value is -1.39. The molecule has 0 atom stereocenters. The van der Waals surface area contributed by atoms with E-state index in [1.807, 2.05) is 14.0 Å². The van der Waals surface area contributed by atoms with E-state index in [1.165, 1.54) is 12.7 Å². The molecule has 1 aliphatic carbocycles. The van der Waals surface area contributed by atoms with Crippen molar-refractivity contribution < 1.29 is 4.79 Å². The second-order valence-electron chi connectivity index (χ2n) is 4.51. The van der Waals surface area contributed by atoms with Crippen molar-refractivity contribution in [1.82, 2.24) is 20.1 Å². The third-order valence-corrected chi connectivity index (χ3v) is 3.17. The highest BCUT2D eigenvalue weighted by atomic mass is 16.2. The van der Waals surface area contributed by atoms with Gasteiger partial charge in [-0.1, -0.05) is 13.3 Å². The van der Waals surface area contributed by atoms with Crippen LogP contribution in [0.15, 0.2) is 6.33 Å². The fourth-order valence-electron chi connectivity index (χ4n) is 1.99. The largest absolute Gasteiger partial charge is 0.338 e. The first-order valence-corrected chi connectivity index (χ1v) is 5.22. The lowest BCUT2D eigenvalue weighted by Crippen LogP contribution is -2.44. The van der Waals surface area contributed by atoms with Crippen molar-refractivity contribution in [3.8, 4) is 0 Å². The van der Waals surface area contributed by atoms with Crippen molar-refractivity contribution in [1.29, 1.82) is 0 Å². The van der Waals surface area contributed by atoms with Gasteiger partial charge in [0.15, 0.2) is 0 Å². The van der Waals surface area contributed by atoms with Crippen LogP contribution in [-0.4, -0.2) is 33.0 Å². The average Bonchev–Trinajstić information content (AvgIpc) is 2.65. The van der Waals surface area contributed by atoms with Crippen LogP contribution in [0.3, 0.4) is 0 Å². The molecule has 0 bridgehead atoms. The third-order valence-electron chi connectivity index (χ3n) is 3.17. The van der Waals surface area contributed by atoms with Crippen molar-refractivity contribution in [2.24, 2.45) is 5.41 Å². The van der Waals surface area contributed by atoms with E-state index >= 15 is 0 Å². The summed E-state index contributed by atoms with van der Waals surface area (Å²) in [6.45, 7) is 2.55. The van der Waals surface area contributed by atoms with E-state index < -0.39 is 0 Å². The van der Waals surface area contributed by atoms with Gasteiger partial charge in [0.25, 0.3) is 0 Å². The molecule has 0 aliphatic heterocycles. The van der Waals surface area contributed by atoms with Gasteiger partial charge in [0.05, 0.1) is 6.54 Å². The summed E-state index contributed by atoms with van der Waals surface area (Å²) in [4.78, 5) is 17.8. The normalized spacial score (nSPS) is 18.3. The zero-order valence-corrected chi connectivity index (χ0v) is 9.16. The SMILES string of the molecule is CN(Cc1ncn[nH]1)C(=O)C1(C)CCC1. The van der Waals surface area contributed by atoms with Crippen molar-refractivity contribution in [2.75, 3.05) is 7.05 Å². The highest BCUT2D eigenvalue weighted by Crippen LogP contribution is 2.41. The fourth-order valence-corrected chi connectivity index (χ4v) is 1.99. The molecule has 15 heavy (non-hydrogen) atoms. The maximum Gasteiger partial charge on any atom is 0.228 e. The Balaban J connectivity index is 1.96. The molecule has 5 nitrogen and oxygen atoms in total. The number of hydrogen-bond donors (Lipinski definition) is 1. The van der Waals surface area contributed by atoms with Crippen LogP contribution in [0.2, 0.25) is 0 Å².